The molecule has 0 bridgehead atoms. The lowest BCUT2D eigenvalue weighted by atomic mass is 10.3. The third-order valence-electron chi connectivity index (χ3n) is 1.42. The molecule has 0 aromatic rings. The van der Waals surface area contributed by atoms with Crippen molar-refractivity contribution in [3.63, 3.8) is 0 Å². The fourth-order valence-corrected chi connectivity index (χ4v) is 0.433. The van der Waals surface area contributed by atoms with Crippen LogP contribution in [-0.4, -0.2) is 25.0 Å². The summed E-state index contributed by atoms with van der Waals surface area (Å²) in [7, 11) is 1.33. The number of hydrogen-bond acceptors (Lipinski definition) is 5. The molecule has 0 fully saturated rings. The highest BCUT2D eigenvalue weighted by Crippen LogP contribution is 1.97. The van der Waals surface area contributed by atoms with Gasteiger partial charge >= 0.3 is 17.9 Å². The fourth-order valence-electron chi connectivity index (χ4n) is 0.433. The van der Waals surface area contributed by atoms with Crippen LogP contribution in [0.25, 0.3) is 0 Å². The average Bonchev–Trinajstić information content (AvgIpc) is 2.28. The number of rotatable bonds is 3. The molecule has 5 nitrogen and oxygen atoms in total. The maximum atomic E-state index is 10.7. The minimum Gasteiger partial charge on any atom is -0.466 e. The molecule has 0 aromatic carbocycles. The number of esters is 3. The van der Waals surface area contributed by atoms with Gasteiger partial charge in [-0.05, 0) is 20.8 Å². The molecule has 0 unspecified atom stereocenters. The molecule has 0 aromatic heterocycles. The van der Waals surface area contributed by atoms with Crippen LogP contribution in [0.3, 0.4) is 0 Å². The Bertz CT molecular complexity index is 366. The molecule has 0 saturated carbocycles. The predicted molar refractivity (Wildman–Crippen MR) is 67.6 cm³/mol. The van der Waals surface area contributed by atoms with E-state index >= 15 is 0 Å². The van der Waals surface area contributed by atoms with Crippen LogP contribution in [0.5, 0.6) is 0 Å². The first-order valence-electron chi connectivity index (χ1n) is 4.94. The van der Waals surface area contributed by atoms with Gasteiger partial charge in [0.05, 0.1) is 7.11 Å². The van der Waals surface area contributed by atoms with Crippen molar-refractivity contribution in [3.8, 4) is 0 Å². The molecule has 100 valence electrons. The van der Waals surface area contributed by atoms with Gasteiger partial charge in [0.2, 0.25) is 0 Å². The lowest BCUT2D eigenvalue weighted by molar-refractivity contribution is -0.154. The van der Waals surface area contributed by atoms with Gasteiger partial charge in [-0.2, -0.15) is 0 Å². The van der Waals surface area contributed by atoms with Crippen LogP contribution < -0.4 is 0 Å². The quantitative estimate of drug-likeness (QED) is 0.437. The van der Waals surface area contributed by atoms with Crippen LogP contribution in [0.1, 0.15) is 20.8 Å². The normalized spacial score (nSPS) is 8.22. The van der Waals surface area contributed by atoms with Crippen molar-refractivity contribution >= 4 is 17.9 Å². The van der Waals surface area contributed by atoms with Gasteiger partial charge in [-0.1, -0.05) is 19.7 Å². The van der Waals surface area contributed by atoms with Crippen LogP contribution in [0.15, 0.2) is 36.5 Å². The molecular formula is C13H18O5. The molecule has 5 heteroatoms. The van der Waals surface area contributed by atoms with Crippen LogP contribution in [0.2, 0.25) is 0 Å². The molecule has 0 heterocycles. The first kappa shape index (κ1) is 18.2. The highest BCUT2D eigenvalue weighted by molar-refractivity contribution is 6.00. The van der Waals surface area contributed by atoms with Crippen LogP contribution in [0, 0.1) is 0 Å². The molecule has 0 saturated heterocycles. The van der Waals surface area contributed by atoms with E-state index in [9.17, 15) is 14.4 Å². The van der Waals surface area contributed by atoms with Crippen LogP contribution in [0.4, 0.5) is 0 Å². The van der Waals surface area contributed by atoms with E-state index in [-0.39, 0.29) is 17.1 Å². The van der Waals surface area contributed by atoms with Crippen molar-refractivity contribution in [1.82, 2.24) is 0 Å². The van der Waals surface area contributed by atoms with E-state index < -0.39 is 11.9 Å². The van der Waals surface area contributed by atoms with Crippen molar-refractivity contribution in [2.75, 3.05) is 7.11 Å². The SMILES string of the molecule is C=C(C)C(=O)OC.C=C(C)C(=O)OC(=O)C(=C)C. The zero-order valence-electron chi connectivity index (χ0n) is 11.2. The smallest absolute Gasteiger partial charge is 0.340 e. The molecular weight excluding hydrogens is 236 g/mol. The van der Waals surface area contributed by atoms with E-state index in [4.69, 9.17) is 0 Å². The Hall–Kier alpha value is -2.17. The molecule has 0 N–H and O–H groups in total. The number of methoxy groups -OCH3 is 1. The highest BCUT2D eigenvalue weighted by Gasteiger charge is 2.10. The summed E-state index contributed by atoms with van der Waals surface area (Å²) < 4.78 is 8.57. The Morgan fingerprint density at radius 1 is 0.722 bits per heavy atom. The highest BCUT2D eigenvalue weighted by atomic mass is 16.6. The Kier molecular flexibility index (Phi) is 9.02. The van der Waals surface area contributed by atoms with Crippen molar-refractivity contribution in [2.24, 2.45) is 0 Å². The second kappa shape index (κ2) is 8.92. The first-order chi connectivity index (χ1) is 8.13. The molecule has 0 aliphatic carbocycles. The second-order valence-electron chi connectivity index (χ2n) is 3.51. The van der Waals surface area contributed by atoms with E-state index in [1.165, 1.54) is 21.0 Å². The fraction of sp³-hybridized carbons (Fsp3) is 0.308. The van der Waals surface area contributed by atoms with Gasteiger partial charge in [0.25, 0.3) is 0 Å². The van der Waals surface area contributed by atoms with Gasteiger partial charge in [0.15, 0.2) is 0 Å². The summed E-state index contributed by atoms with van der Waals surface area (Å²) in [6, 6.07) is 0. The second-order valence-corrected chi connectivity index (χ2v) is 3.51. The molecule has 0 atom stereocenters. The molecule has 0 radical (unpaired) electrons. The van der Waals surface area contributed by atoms with Gasteiger partial charge in [-0.25, -0.2) is 14.4 Å². The summed E-state index contributed by atoms with van der Waals surface area (Å²) in [6.07, 6.45) is 0. The summed E-state index contributed by atoms with van der Waals surface area (Å²) >= 11 is 0. The number of carbonyl (C=O) groups is 3. The third kappa shape index (κ3) is 9.08. The molecule has 0 aliphatic heterocycles. The summed E-state index contributed by atoms with van der Waals surface area (Å²) in [5.41, 5.74) is 0.821. The maximum absolute atomic E-state index is 10.7. The lowest BCUT2D eigenvalue weighted by Gasteiger charge is -1.99. The van der Waals surface area contributed by atoms with E-state index in [2.05, 4.69) is 29.2 Å². The minimum absolute atomic E-state index is 0.194. The van der Waals surface area contributed by atoms with E-state index in [1.807, 2.05) is 0 Å². The van der Waals surface area contributed by atoms with Gasteiger partial charge in [0.1, 0.15) is 0 Å². The topological polar surface area (TPSA) is 69.7 Å². The molecule has 0 spiro atoms. The molecule has 0 rings (SSSR count). The summed E-state index contributed by atoms with van der Waals surface area (Å²) in [6.45, 7) is 14.5. The summed E-state index contributed by atoms with van der Waals surface area (Å²) in [5, 5.41) is 0. The molecule has 0 aliphatic rings. The standard InChI is InChI=1S/C8H10O3.C5H8O2/c1-5(2)7(9)11-8(10)6(3)4;1-4(2)5(6)7-3/h1,3H2,2,4H3;1H2,2-3H3. The van der Waals surface area contributed by atoms with Crippen LogP contribution >= 0.6 is 0 Å². The van der Waals surface area contributed by atoms with Gasteiger partial charge in [-0.3, -0.25) is 0 Å². The Morgan fingerprint density at radius 2 is 1.00 bits per heavy atom. The van der Waals surface area contributed by atoms with Crippen molar-refractivity contribution in [1.29, 1.82) is 0 Å². The van der Waals surface area contributed by atoms with Crippen LogP contribution in [-0.2, 0) is 23.9 Å². The monoisotopic (exact) mass is 254 g/mol. The van der Waals surface area contributed by atoms with E-state index in [0.29, 0.717) is 5.57 Å². The van der Waals surface area contributed by atoms with E-state index in [1.54, 1.807) is 6.92 Å². The maximum Gasteiger partial charge on any atom is 0.340 e. The molecule has 18 heavy (non-hydrogen) atoms. The van der Waals surface area contributed by atoms with Gasteiger partial charge < -0.3 is 9.47 Å². The zero-order valence-corrected chi connectivity index (χ0v) is 11.2. The Morgan fingerprint density at radius 3 is 1.11 bits per heavy atom. The molecule has 0 amide bonds. The summed E-state index contributed by atoms with van der Waals surface area (Å²) in [5.74, 6) is -1.77. The van der Waals surface area contributed by atoms with Gasteiger partial charge in [0, 0.05) is 16.7 Å². The van der Waals surface area contributed by atoms with Crippen molar-refractivity contribution in [3.05, 3.63) is 36.5 Å². The zero-order chi connectivity index (χ0) is 14.9. The Labute approximate surface area is 107 Å². The minimum atomic E-state index is -0.710. The largest absolute Gasteiger partial charge is 0.466 e. The Balaban J connectivity index is 0. The third-order valence-corrected chi connectivity index (χ3v) is 1.42. The van der Waals surface area contributed by atoms with E-state index in [0.717, 1.165) is 0 Å². The number of ether oxygens (including phenoxy) is 2. The predicted octanol–water partition coefficient (Wildman–Crippen LogP) is 1.94. The summed E-state index contributed by atoms with van der Waals surface area (Å²) in [4.78, 5) is 31.5. The van der Waals surface area contributed by atoms with Crippen molar-refractivity contribution < 1.29 is 23.9 Å². The van der Waals surface area contributed by atoms with Crippen molar-refractivity contribution in [2.45, 2.75) is 20.8 Å². The lowest BCUT2D eigenvalue weighted by Crippen LogP contribution is -2.12. The average molecular weight is 254 g/mol. The first-order valence-corrected chi connectivity index (χ1v) is 4.94. The van der Waals surface area contributed by atoms with Gasteiger partial charge in [-0.15, -0.1) is 0 Å². The number of carbonyl (C=O) groups excluding carboxylic acids is 3. The number of hydrogen-bond donors (Lipinski definition) is 0.